The Hall–Kier alpha value is -2.32. The third kappa shape index (κ3) is 4.84. The minimum absolute atomic E-state index is 0.374. The predicted octanol–water partition coefficient (Wildman–Crippen LogP) is 5.07. The molecule has 134 valence electrons. The van der Waals surface area contributed by atoms with Crippen LogP contribution in [0.4, 0.5) is 26.3 Å². The first-order chi connectivity index (χ1) is 11.5. The van der Waals surface area contributed by atoms with Crippen molar-refractivity contribution < 1.29 is 35.7 Å². The summed E-state index contributed by atoms with van der Waals surface area (Å²) in [4.78, 5) is 0. The van der Waals surface area contributed by atoms with E-state index in [-0.39, 0.29) is 0 Å². The summed E-state index contributed by atoms with van der Waals surface area (Å²) in [6, 6.07) is 6.78. The fourth-order valence-corrected chi connectivity index (χ4v) is 2.14. The Kier molecular flexibility index (Phi) is 5.24. The summed E-state index contributed by atoms with van der Waals surface area (Å²) in [5.74, 6) is -1.03. The highest BCUT2D eigenvalue weighted by atomic mass is 19.4. The van der Waals surface area contributed by atoms with Crippen LogP contribution in [0.5, 0.6) is 11.5 Å². The maximum absolute atomic E-state index is 13.0. The van der Waals surface area contributed by atoms with E-state index >= 15 is 0 Å². The summed E-state index contributed by atoms with van der Waals surface area (Å²) in [5.41, 5.74) is -1.29. The summed E-state index contributed by atoms with van der Waals surface area (Å²) >= 11 is 0. The second kappa shape index (κ2) is 6.89. The largest absolute Gasteiger partial charge is 0.576 e. The molecule has 0 N–H and O–H groups in total. The van der Waals surface area contributed by atoms with Crippen LogP contribution in [0.2, 0.25) is 0 Å². The number of hydrogen-bond acceptors (Lipinski definition) is 2. The minimum atomic E-state index is -4.65. The molecule has 0 aliphatic carbocycles. The van der Waals surface area contributed by atoms with Crippen molar-refractivity contribution >= 4 is 7.69 Å². The van der Waals surface area contributed by atoms with Gasteiger partial charge in [0.2, 0.25) is 0 Å². The quantitative estimate of drug-likeness (QED) is 0.559. The Morgan fingerprint density at radius 2 is 1.04 bits per heavy atom. The number of hydrogen-bond donors (Lipinski definition) is 0. The Morgan fingerprint density at radius 3 is 1.36 bits per heavy atom. The molecule has 25 heavy (non-hydrogen) atoms. The fraction of sp³-hybridized carbons (Fsp3) is 0.250. The molecule has 2 nitrogen and oxygen atoms in total. The standard InChI is InChI=1S/C16H13BF6O2/c1-9-3-5-13(11(7-9)15(18,19)20)24-17-25-14-6-4-10(2)8-12(14)16(21,22)23/h3-8,17H,1-2H3. The maximum atomic E-state index is 13.0. The monoisotopic (exact) mass is 362 g/mol. The highest BCUT2D eigenvalue weighted by molar-refractivity contribution is 6.20. The Bertz CT molecular complexity index is 692. The SMILES string of the molecule is Cc1ccc(OBOc2ccc(C)cc2C(F)(F)F)c(C(F)(F)F)c1. The van der Waals surface area contributed by atoms with E-state index in [0.29, 0.717) is 11.1 Å². The van der Waals surface area contributed by atoms with E-state index in [1.807, 2.05) is 0 Å². The van der Waals surface area contributed by atoms with Gasteiger partial charge in [-0.15, -0.1) is 0 Å². The Labute approximate surface area is 140 Å². The molecule has 0 aromatic heterocycles. The lowest BCUT2D eigenvalue weighted by Crippen LogP contribution is -2.17. The van der Waals surface area contributed by atoms with Crippen molar-refractivity contribution in [1.82, 2.24) is 0 Å². The van der Waals surface area contributed by atoms with Crippen LogP contribution >= 0.6 is 0 Å². The zero-order valence-electron chi connectivity index (χ0n) is 13.3. The van der Waals surface area contributed by atoms with Gasteiger partial charge in [0.25, 0.3) is 0 Å². The maximum Gasteiger partial charge on any atom is 0.576 e. The number of halogens is 6. The normalized spacial score (nSPS) is 12.0. The molecule has 9 heteroatoms. The zero-order chi connectivity index (χ0) is 18.8. The van der Waals surface area contributed by atoms with Crippen LogP contribution in [-0.2, 0) is 12.4 Å². The number of benzene rings is 2. The topological polar surface area (TPSA) is 18.5 Å². The molecule has 0 heterocycles. The van der Waals surface area contributed by atoms with Gasteiger partial charge >= 0.3 is 20.0 Å². The average molecular weight is 362 g/mol. The van der Waals surface area contributed by atoms with E-state index in [1.165, 1.54) is 26.0 Å². The molecule has 2 rings (SSSR count). The summed E-state index contributed by atoms with van der Waals surface area (Å²) in [6.07, 6.45) is -9.30. The van der Waals surface area contributed by atoms with Crippen LogP contribution in [0.15, 0.2) is 36.4 Å². The summed E-state index contributed by atoms with van der Waals surface area (Å²) in [7, 11) is -0.793. The van der Waals surface area contributed by atoms with E-state index in [1.54, 1.807) is 0 Å². The van der Waals surface area contributed by atoms with Crippen molar-refractivity contribution in [2.75, 3.05) is 0 Å². The van der Waals surface area contributed by atoms with Gasteiger partial charge in [-0.25, -0.2) is 0 Å². The number of alkyl halides is 6. The van der Waals surface area contributed by atoms with Crippen LogP contribution < -0.4 is 9.31 Å². The van der Waals surface area contributed by atoms with Crippen LogP contribution in [-0.4, -0.2) is 7.69 Å². The van der Waals surface area contributed by atoms with E-state index in [0.717, 1.165) is 24.3 Å². The van der Waals surface area contributed by atoms with Crippen molar-refractivity contribution in [3.8, 4) is 11.5 Å². The van der Waals surface area contributed by atoms with Crippen molar-refractivity contribution in [3.63, 3.8) is 0 Å². The van der Waals surface area contributed by atoms with E-state index in [9.17, 15) is 26.3 Å². The molecule has 2 aromatic rings. The lowest BCUT2D eigenvalue weighted by Gasteiger charge is -2.17. The van der Waals surface area contributed by atoms with E-state index in [4.69, 9.17) is 9.31 Å². The van der Waals surface area contributed by atoms with Gasteiger partial charge in [-0.05, 0) is 38.1 Å². The summed E-state index contributed by atoms with van der Waals surface area (Å²) in [6.45, 7) is 2.97. The van der Waals surface area contributed by atoms with Gasteiger partial charge in [0.05, 0.1) is 11.1 Å². The highest BCUT2D eigenvalue weighted by Crippen LogP contribution is 2.38. The fourth-order valence-electron chi connectivity index (χ4n) is 2.14. The molecule has 0 spiro atoms. The van der Waals surface area contributed by atoms with Crippen molar-refractivity contribution in [2.24, 2.45) is 0 Å². The molecule has 0 unspecified atom stereocenters. The van der Waals surface area contributed by atoms with E-state index in [2.05, 4.69) is 0 Å². The van der Waals surface area contributed by atoms with E-state index < -0.39 is 42.7 Å². The van der Waals surface area contributed by atoms with Crippen molar-refractivity contribution in [2.45, 2.75) is 26.2 Å². The molecule has 0 aliphatic heterocycles. The van der Waals surface area contributed by atoms with Crippen LogP contribution in [0.1, 0.15) is 22.3 Å². The predicted molar refractivity (Wildman–Crippen MR) is 80.8 cm³/mol. The molecule has 0 atom stereocenters. The third-order valence-corrected chi connectivity index (χ3v) is 3.31. The molecule has 0 saturated heterocycles. The van der Waals surface area contributed by atoms with Crippen LogP contribution in [0, 0.1) is 13.8 Å². The Morgan fingerprint density at radius 1 is 0.680 bits per heavy atom. The lowest BCUT2D eigenvalue weighted by atomic mass is 10.1. The van der Waals surface area contributed by atoms with Gasteiger partial charge < -0.3 is 9.31 Å². The van der Waals surface area contributed by atoms with Gasteiger partial charge in [-0.3, -0.25) is 0 Å². The molecule has 0 aliphatic rings. The molecule has 0 fully saturated rings. The molecule has 0 bridgehead atoms. The Balaban J connectivity index is 2.18. The summed E-state index contributed by atoms with van der Waals surface area (Å²) in [5, 5.41) is 0. The molecular formula is C16H13BF6O2. The van der Waals surface area contributed by atoms with Gasteiger partial charge in [-0.2, -0.15) is 26.3 Å². The molecule has 0 radical (unpaired) electrons. The second-order valence-electron chi connectivity index (χ2n) is 5.40. The molecule has 0 saturated carbocycles. The first-order valence-corrected chi connectivity index (χ1v) is 7.10. The average Bonchev–Trinajstić information content (AvgIpc) is 2.48. The molecular weight excluding hydrogens is 349 g/mol. The smallest absolute Gasteiger partial charge is 0.528 e. The highest BCUT2D eigenvalue weighted by Gasteiger charge is 2.36. The minimum Gasteiger partial charge on any atom is -0.528 e. The first-order valence-electron chi connectivity index (χ1n) is 7.10. The second-order valence-corrected chi connectivity index (χ2v) is 5.40. The van der Waals surface area contributed by atoms with Crippen molar-refractivity contribution in [1.29, 1.82) is 0 Å². The zero-order valence-corrected chi connectivity index (χ0v) is 13.3. The number of aryl methyl sites for hydroxylation is 2. The number of rotatable bonds is 4. The van der Waals surface area contributed by atoms with Crippen molar-refractivity contribution in [3.05, 3.63) is 58.7 Å². The van der Waals surface area contributed by atoms with Gasteiger partial charge in [0.15, 0.2) is 0 Å². The van der Waals surface area contributed by atoms with Gasteiger partial charge in [0, 0.05) is 0 Å². The van der Waals surface area contributed by atoms with Gasteiger partial charge in [-0.1, -0.05) is 23.3 Å². The first kappa shape index (κ1) is 19.0. The lowest BCUT2D eigenvalue weighted by molar-refractivity contribution is -0.139. The third-order valence-electron chi connectivity index (χ3n) is 3.31. The summed E-state index contributed by atoms with van der Waals surface area (Å²) < 4.78 is 87.7. The molecule has 0 amide bonds. The van der Waals surface area contributed by atoms with Crippen LogP contribution in [0.25, 0.3) is 0 Å². The molecule has 2 aromatic carbocycles. The van der Waals surface area contributed by atoms with Gasteiger partial charge in [0.1, 0.15) is 11.5 Å². The van der Waals surface area contributed by atoms with Crippen LogP contribution in [0.3, 0.4) is 0 Å².